The van der Waals surface area contributed by atoms with Crippen molar-refractivity contribution in [1.82, 2.24) is 14.7 Å². The van der Waals surface area contributed by atoms with Gasteiger partial charge in [-0.25, -0.2) is 4.79 Å². The zero-order valence-electron chi connectivity index (χ0n) is 23.4. The number of halogens is 3. The number of carboxylic acids is 1. The van der Waals surface area contributed by atoms with Crippen molar-refractivity contribution in [2.75, 3.05) is 24.5 Å². The average molecular weight is 581 g/mol. The van der Waals surface area contributed by atoms with Gasteiger partial charge in [-0.2, -0.15) is 18.3 Å². The minimum Gasteiger partial charge on any atom is -0.489 e. The topological polar surface area (TPSA) is 114 Å². The van der Waals surface area contributed by atoms with Gasteiger partial charge in [0.2, 0.25) is 5.91 Å². The van der Waals surface area contributed by atoms with Gasteiger partial charge in [0.05, 0.1) is 12.5 Å². The molecule has 10 nitrogen and oxygen atoms in total. The summed E-state index contributed by atoms with van der Waals surface area (Å²) in [5, 5.41) is 12.9. The van der Waals surface area contributed by atoms with E-state index in [1.54, 1.807) is 39.0 Å². The van der Waals surface area contributed by atoms with Crippen molar-refractivity contribution < 1.29 is 42.1 Å². The third-order valence-corrected chi connectivity index (χ3v) is 6.99. The average Bonchev–Trinajstić information content (AvgIpc) is 3.62. The summed E-state index contributed by atoms with van der Waals surface area (Å²) in [5.74, 6) is -1.17. The summed E-state index contributed by atoms with van der Waals surface area (Å²) in [6, 6.07) is 4.88. The Morgan fingerprint density at radius 1 is 1.15 bits per heavy atom. The van der Waals surface area contributed by atoms with Gasteiger partial charge < -0.3 is 19.5 Å². The van der Waals surface area contributed by atoms with Crippen molar-refractivity contribution in [3.05, 3.63) is 41.2 Å². The molecule has 4 rings (SSSR count). The summed E-state index contributed by atoms with van der Waals surface area (Å²) < 4.78 is 53.4. The maximum absolute atomic E-state index is 13.7. The number of rotatable bonds is 9. The van der Waals surface area contributed by atoms with E-state index in [0.29, 0.717) is 24.4 Å². The van der Waals surface area contributed by atoms with Crippen LogP contribution in [0.4, 0.5) is 23.7 Å². The fourth-order valence-corrected chi connectivity index (χ4v) is 5.06. The fourth-order valence-electron chi connectivity index (χ4n) is 5.06. The van der Waals surface area contributed by atoms with Crippen molar-refractivity contribution in [3.8, 4) is 5.75 Å². The highest BCUT2D eigenvalue weighted by Crippen LogP contribution is 2.36. The Morgan fingerprint density at radius 2 is 1.85 bits per heavy atom. The van der Waals surface area contributed by atoms with Crippen molar-refractivity contribution in [3.63, 3.8) is 0 Å². The Labute approximate surface area is 236 Å². The van der Waals surface area contributed by atoms with Crippen molar-refractivity contribution in [2.45, 2.75) is 83.7 Å². The summed E-state index contributed by atoms with van der Waals surface area (Å²) in [6.45, 7) is 4.46. The lowest BCUT2D eigenvalue weighted by Gasteiger charge is -2.28. The first-order chi connectivity index (χ1) is 19.2. The van der Waals surface area contributed by atoms with E-state index in [1.165, 1.54) is 15.8 Å². The van der Waals surface area contributed by atoms with Crippen LogP contribution in [-0.2, 0) is 33.5 Å². The molecule has 1 saturated carbocycles. The van der Waals surface area contributed by atoms with Crippen LogP contribution in [0.15, 0.2) is 24.4 Å². The molecular weight excluding hydrogens is 545 g/mol. The number of fused-ring (bicyclic) bond motifs is 1. The number of nitrogens with zero attached hydrogens (tertiary/aromatic N) is 4. The predicted octanol–water partition coefficient (Wildman–Crippen LogP) is 5.20. The maximum Gasteiger partial charge on any atom is 0.435 e. The zero-order valence-corrected chi connectivity index (χ0v) is 23.4. The van der Waals surface area contributed by atoms with Gasteiger partial charge in [-0.1, -0.05) is 12.8 Å². The highest BCUT2D eigenvalue weighted by molar-refractivity contribution is 5.98. The van der Waals surface area contributed by atoms with Gasteiger partial charge in [-0.15, -0.1) is 0 Å². The van der Waals surface area contributed by atoms with Crippen LogP contribution in [0, 0.1) is 0 Å². The van der Waals surface area contributed by atoms with Crippen LogP contribution in [0.1, 0.15) is 75.7 Å². The van der Waals surface area contributed by atoms with Gasteiger partial charge in [0.15, 0.2) is 5.69 Å². The van der Waals surface area contributed by atoms with Crippen LogP contribution >= 0.6 is 0 Å². The number of carbonyl (C=O) groups is 3. The van der Waals surface area contributed by atoms with Crippen molar-refractivity contribution in [2.24, 2.45) is 0 Å². The van der Waals surface area contributed by atoms with E-state index >= 15 is 0 Å². The van der Waals surface area contributed by atoms with Gasteiger partial charge in [0, 0.05) is 30.5 Å². The highest BCUT2D eigenvalue weighted by Gasteiger charge is 2.38. The number of ether oxygens (including phenoxy) is 2. The van der Waals surface area contributed by atoms with Gasteiger partial charge in [0.25, 0.3) is 0 Å². The fraction of sp³-hybridized carbons (Fsp3) is 0.571. The molecule has 2 heterocycles. The van der Waals surface area contributed by atoms with E-state index < -0.39 is 35.4 Å². The molecule has 2 aromatic rings. The standard InChI is InChI=1S/C28H35F3N4O6/c1-27(2,3)41-26(39)33(12-11-24(37)38)16-23(36)34-13-10-18-14-21(8-9-22(18)34)40-17-19-15-35(20-6-4-5-7-20)32-25(19)28(29,30)31/h8-9,14-15,20H,4-7,10-13,16-17H2,1-3H3,(H,37,38). The molecule has 2 amide bonds. The van der Waals surface area contributed by atoms with E-state index in [0.717, 1.165) is 36.1 Å². The van der Waals surface area contributed by atoms with Crippen LogP contribution < -0.4 is 9.64 Å². The van der Waals surface area contributed by atoms with E-state index in [9.17, 15) is 27.6 Å². The number of aliphatic carboxylic acids is 1. The minimum absolute atomic E-state index is 0.0368. The highest BCUT2D eigenvalue weighted by atomic mass is 19.4. The monoisotopic (exact) mass is 580 g/mol. The van der Waals surface area contributed by atoms with Crippen LogP contribution in [0.3, 0.4) is 0 Å². The molecule has 1 aromatic heterocycles. The second-order valence-electron chi connectivity index (χ2n) is 11.3. The van der Waals surface area contributed by atoms with Crippen LogP contribution in [0.5, 0.6) is 5.75 Å². The van der Waals surface area contributed by atoms with Gasteiger partial charge in [0.1, 0.15) is 24.5 Å². The summed E-state index contributed by atoms with van der Waals surface area (Å²) >= 11 is 0. The van der Waals surface area contributed by atoms with Gasteiger partial charge in [-0.3, -0.25) is 19.2 Å². The number of benzene rings is 1. The van der Waals surface area contributed by atoms with Crippen molar-refractivity contribution in [1.29, 1.82) is 0 Å². The molecule has 0 spiro atoms. The Balaban J connectivity index is 1.43. The molecule has 1 fully saturated rings. The molecule has 0 radical (unpaired) electrons. The number of aromatic nitrogens is 2. The summed E-state index contributed by atoms with van der Waals surface area (Å²) in [4.78, 5) is 39.4. The molecule has 13 heteroatoms. The van der Waals surface area contributed by atoms with E-state index in [2.05, 4.69) is 5.10 Å². The normalized spacial score (nSPS) is 15.6. The number of carbonyl (C=O) groups excluding carboxylic acids is 2. The van der Waals surface area contributed by atoms with Crippen molar-refractivity contribution >= 4 is 23.7 Å². The first-order valence-electron chi connectivity index (χ1n) is 13.6. The number of alkyl halides is 3. The molecule has 0 unspecified atom stereocenters. The third-order valence-electron chi connectivity index (χ3n) is 6.99. The number of amides is 2. The Kier molecular flexibility index (Phi) is 8.83. The molecule has 0 bridgehead atoms. The van der Waals surface area contributed by atoms with E-state index in [4.69, 9.17) is 14.6 Å². The summed E-state index contributed by atoms with van der Waals surface area (Å²) in [5.41, 5.74) is -0.448. The predicted molar refractivity (Wildman–Crippen MR) is 142 cm³/mol. The Morgan fingerprint density at radius 3 is 2.49 bits per heavy atom. The number of carboxylic acid groups (broad SMARTS) is 1. The lowest BCUT2D eigenvalue weighted by molar-refractivity contribution is -0.142. The molecule has 1 aliphatic carbocycles. The molecule has 1 aromatic carbocycles. The van der Waals surface area contributed by atoms with Gasteiger partial charge in [-0.05, 0) is 63.8 Å². The Bertz CT molecular complexity index is 1280. The molecule has 224 valence electrons. The molecule has 1 N–H and O–H groups in total. The quantitative estimate of drug-likeness (QED) is 0.434. The lowest BCUT2D eigenvalue weighted by atomic mass is 10.1. The molecular formula is C28H35F3N4O6. The largest absolute Gasteiger partial charge is 0.489 e. The van der Waals surface area contributed by atoms with E-state index in [-0.39, 0.29) is 37.7 Å². The molecule has 0 saturated heterocycles. The molecule has 2 aliphatic rings. The van der Waals surface area contributed by atoms with Gasteiger partial charge >= 0.3 is 18.2 Å². The molecule has 1 aliphatic heterocycles. The van der Waals surface area contributed by atoms with Crippen LogP contribution in [-0.4, -0.2) is 63.0 Å². The summed E-state index contributed by atoms with van der Waals surface area (Å²) in [6.07, 6.45) is -0.298. The smallest absolute Gasteiger partial charge is 0.435 e. The second kappa shape index (κ2) is 12.0. The second-order valence-corrected chi connectivity index (χ2v) is 11.3. The number of hydrogen-bond acceptors (Lipinski definition) is 6. The maximum atomic E-state index is 13.7. The molecule has 0 atom stereocenters. The first kappa shape index (κ1) is 30.2. The zero-order chi connectivity index (χ0) is 29.9. The minimum atomic E-state index is -4.60. The lowest BCUT2D eigenvalue weighted by Crippen LogP contribution is -2.45. The third kappa shape index (κ3) is 7.70. The molecule has 41 heavy (non-hydrogen) atoms. The number of hydrogen-bond donors (Lipinski definition) is 1. The van der Waals surface area contributed by atoms with E-state index in [1.807, 2.05) is 0 Å². The first-order valence-corrected chi connectivity index (χ1v) is 13.6. The SMILES string of the molecule is CC(C)(C)OC(=O)N(CCC(=O)O)CC(=O)N1CCc2cc(OCc3cn(C4CCCC4)nc3C(F)(F)F)ccc21. The number of anilines is 1. The van der Waals surface area contributed by atoms with Crippen LogP contribution in [0.2, 0.25) is 0 Å². The van der Waals surface area contributed by atoms with Crippen LogP contribution in [0.25, 0.3) is 0 Å². The Hall–Kier alpha value is -3.77. The summed E-state index contributed by atoms with van der Waals surface area (Å²) in [7, 11) is 0.